The Morgan fingerprint density at radius 3 is 3.07 bits per heavy atom. The van der Waals surface area contributed by atoms with Crippen molar-refractivity contribution in [1.82, 2.24) is 0 Å². The van der Waals surface area contributed by atoms with Gasteiger partial charge in [-0.2, -0.15) is 0 Å². The first kappa shape index (κ1) is 11.5. The Balaban J connectivity index is 2.40. The van der Waals surface area contributed by atoms with E-state index in [9.17, 15) is 4.79 Å². The maximum Gasteiger partial charge on any atom is 0.120 e. The number of carbonyl (C=O) groups excluding carboxylic acids is 1. The van der Waals surface area contributed by atoms with Gasteiger partial charge in [-0.05, 0) is 37.5 Å². The zero-order chi connectivity index (χ0) is 10.4. The minimum atomic E-state index is 0.707. The summed E-state index contributed by atoms with van der Waals surface area (Å²) in [6.45, 7) is 4.63. The lowest BCUT2D eigenvalue weighted by atomic mass is 9.79. The van der Waals surface area contributed by atoms with Gasteiger partial charge in [0, 0.05) is 6.42 Å². The molecule has 0 aromatic carbocycles. The highest BCUT2D eigenvalue weighted by Gasteiger charge is 2.19. The summed E-state index contributed by atoms with van der Waals surface area (Å²) >= 11 is 0. The van der Waals surface area contributed by atoms with E-state index >= 15 is 0 Å². The Labute approximate surface area is 87.6 Å². The van der Waals surface area contributed by atoms with Crippen LogP contribution in [0.4, 0.5) is 0 Å². The number of hydrogen-bond acceptors (Lipinski definition) is 1. The van der Waals surface area contributed by atoms with Crippen molar-refractivity contribution in [3.05, 3.63) is 11.6 Å². The molecule has 2 unspecified atom stereocenters. The van der Waals surface area contributed by atoms with Crippen LogP contribution in [0.2, 0.25) is 0 Å². The Bertz CT molecular complexity index is 205. The number of aldehydes is 1. The highest BCUT2D eigenvalue weighted by atomic mass is 16.1. The number of allylic oxidation sites excluding steroid dienone is 2. The molecule has 1 nitrogen and oxygen atoms in total. The average molecular weight is 194 g/mol. The first-order valence-electron chi connectivity index (χ1n) is 5.89. The SMILES string of the molecule is CCC(C)C1CCC=C(CCC=O)C1. The third-order valence-corrected chi connectivity index (χ3v) is 3.53. The summed E-state index contributed by atoms with van der Waals surface area (Å²) in [6, 6.07) is 0. The van der Waals surface area contributed by atoms with Crippen LogP contribution in [0.15, 0.2) is 11.6 Å². The molecule has 2 atom stereocenters. The zero-order valence-corrected chi connectivity index (χ0v) is 9.46. The molecule has 0 radical (unpaired) electrons. The van der Waals surface area contributed by atoms with E-state index < -0.39 is 0 Å². The van der Waals surface area contributed by atoms with E-state index in [-0.39, 0.29) is 0 Å². The molecule has 0 aliphatic heterocycles. The minimum Gasteiger partial charge on any atom is -0.303 e. The minimum absolute atomic E-state index is 0.707. The van der Waals surface area contributed by atoms with Crippen molar-refractivity contribution in [2.24, 2.45) is 11.8 Å². The molecule has 1 aliphatic rings. The summed E-state index contributed by atoms with van der Waals surface area (Å²) in [5, 5.41) is 0. The van der Waals surface area contributed by atoms with Crippen LogP contribution in [-0.4, -0.2) is 6.29 Å². The molecule has 0 amide bonds. The van der Waals surface area contributed by atoms with Gasteiger partial charge < -0.3 is 4.79 Å². The van der Waals surface area contributed by atoms with Crippen LogP contribution >= 0.6 is 0 Å². The molecule has 0 spiro atoms. The van der Waals surface area contributed by atoms with E-state index in [4.69, 9.17) is 0 Å². The Morgan fingerprint density at radius 2 is 2.43 bits per heavy atom. The second-order valence-electron chi connectivity index (χ2n) is 4.49. The van der Waals surface area contributed by atoms with E-state index in [1.807, 2.05) is 0 Å². The van der Waals surface area contributed by atoms with Gasteiger partial charge in [0.1, 0.15) is 6.29 Å². The summed E-state index contributed by atoms with van der Waals surface area (Å²) < 4.78 is 0. The van der Waals surface area contributed by atoms with Gasteiger partial charge in [0.25, 0.3) is 0 Å². The molecular weight excluding hydrogens is 172 g/mol. The first-order chi connectivity index (χ1) is 6.77. The highest BCUT2D eigenvalue weighted by molar-refractivity contribution is 5.49. The molecule has 0 N–H and O–H groups in total. The topological polar surface area (TPSA) is 17.1 Å². The van der Waals surface area contributed by atoms with Crippen molar-refractivity contribution in [3.8, 4) is 0 Å². The fraction of sp³-hybridized carbons (Fsp3) is 0.769. The van der Waals surface area contributed by atoms with Crippen molar-refractivity contribution >= 4 is 6.29 Å². The van der Waals surface area contributed by atoms with E-state index in [1.165, 1.54) is 31.3 Å². The van der Waals surface area contributed by atoms with Gasteiger partial charge in [-0.3, -0.25) is 0 Å². The average Bonchev–Trinajstić information content (AvgIpc) is 2.25. The van der Waals surface area contributed by atoms with E-state index in [0.717, 1.165) is 24.5 Å². The smallest absolute Gasteiger partial charge is 0.120 e. The summed E-state index contributed by atoms with van der Waals surface area (Å²) in [6.07, 6.45) is 10.2. The van der Waals surface area contributed by atoms with E-state index in [0.29, 0.717) is 6.42 Å². The van der Waals surface area contributed by atoms with Gasteiger partial charge in [-0.25, -0.2) is 0 Å². The first-order valence-corrected chi connectivity index (χ1v) is 5.89. The number of hydrogen-bond donors (Lipinski definition) is 0. The maximum atomic E-state index is 10.3. The van der Waals surface area contributed by atoms with Crippen LogP contribution in [0.5, 0.6) is 0 Å². The standard InChI is InChI=1S/C13H22O/c1-3-11(2)13-8-4-6-12(10-13)7-5-9-14/h6,9,11,13H,3-5,7-8,10H2,1-2H3. The molecule has 1 heteroatoms. The lowest BCUT2D eigenvalue weighted by molar-refractivity contribution is -0.107. The Kier molecular flexibility index (Phi) is 4.92. The lowest BCUT2D eigenvalue weighted by Crippen LogP contribution is -2.15. The molecule has 0 aromatic rings. The van der Waals surface area contributed by atoms with Crippen molar-refractivity contribution in [1.29, 1.82) is 0 Å². The van der Waals surface area contributed by atoms with Crippen molar-refractivity contribution in [2.45, 2.75) is 52.4 Å². The van der Waals surface area contributed by atoms with Crippen LogP contribution in [0.3, 0.4) is 0 Å². The summed E-state index contributed by atoms with van der Waals surface area (Å²) in [4.78, 5) is 10.3. The van der Waals surface area contributed by atoms with Gasteiger partial charge in [-0.15, -0.1) is 0 Å². The molecule has 80 valence electrons. The van der Waals surface area contributed by atoms with Gasteiger partial charge in [-0.1, -0.05) is 31.9 Å². The normalized spacial score (nSPS) is 24.1. The fourth-order valence-electron chi connectivity index (χ4n) is 2.29. The molecule has 14 heavy (non-hydrogen) atoms. The van der Waals surface area contributed by atoms with Gasteiger partial charge in [0.15, 0.2) is 0 Å². The number of rotatable bonds is 5. The summed E-state index contributed by atoms with van der Waals surface area (Å²) in [5.74, 6) is 1.71. The maximum absolute atomic E-state index is 10.3. The molecular formula is C13H22O. The summed E-state index contributed by atoms with van der Waals surface area (Å²) in [5.41, 5.74) is 1.52. The molecule has 0 saturated heterocycles. The van der Waals surface area contributed by atoms with Crippen molar-refractivity contribution in [2.75, 3.05) is 0 Å². The predicted octanol–water partition coefficient (Wildman–Crippen LogP) is 3.74. The largest absolute Gasteiger partial charge is 0.303 e. The molecule has 0 saturated carbocycles. The molecule has 1 aliphatic carbocycles. The molecule has 0 bridgehead atoms. The number of carbonyl (C=O) groups is 1. The van der Waals surface area contributed by atoms with Crippen LogP contribution in [0.25, 0.3) is 0 Å². The molecule has 0 fully saturated rings. The predicted molar refractivity (Wildman–Crippen MR) is 60.2 cm³/mol. The van der Waals surface area contributed by atoms with Gasteiger partial charge >= 0.3 is 0 Å². The van der Waals surface area contributed by atoms with Crippen molar-refractivity contribution in [3.63, 3.8) is 0 Å². The highest BCUT2D eigenvalue weighted by Crippen LogP contribution is 2.32. The Hall–Kier alpha value is -0.590. The molecule has 0 heterocycles. The fourth-order valence-corrected chi connectivity index (χ4v) is 2.29. The monoisotopic (exact) mass is 194 g/mol. The third-order valence-electron chi connectivity index (χ3n) is 3.53. The van der Waals surface area contributed by atoms with Gasteiger partial charge in [0.05, 0.1) is 0 Å². The van der Waals surface area contributed by atoms with E-state index in [2.05, 4.69) is 19.9 Å². The van der Waals surface area contributed by atoms with E-state index in [1.54, 1.807) is 0 Å². The molecule has 1 rings (SSSR count). The van der Waals surface area contributed by atoms with Crippen molar-refractivity contribution < 1.29 is 4.79 Å². The quantitative estimate of drug-likeness (QED) is 0.481. The van der Waals surface area contributed by atoms with Crippen LogP contribution in [-0.2, 0) is 4.79 Å². The second-order valence-corrected chi connectivity index (χ2v) is 4.49. The molecule has 0 aromatic heterocycles. The van der Waals surface area contributed by atoms with Crippen LogP contribution in [0.1, 0.15) is 52.4 Å². The Morgan fingerprint density at radius 1 is 1.64 bits per heavy atom. The third kappa shape index (κ3) is 3.28. The van der Waals surface area contributed by atoms with Crippen LogP contribution < -0.4 is 0 Å². The zero-order valence-electron chi connectivity index (χ0n) is 9.46. The lowest BCUT2D eigenvalue weighted by Gasteiger charge is -2.27. The summed E-state index contributed by atoms with van der Waals surface area (Å²) in [7, 11) is 0. The van der Waals surface area contributed by atoms with Gasteiger partial charge in [0.2, 0.25) is 0 Å². The van der Waals surface area contributed by atoms with Crippen LogP contribution in [0, 0.1) is 11.8 Å². The second kappa shape index (κ2) is 6.00.